The van der Waals surface area contributed by atoms with Crippen LogP contribution in [0.2, 0.25) is 0 Å². The lowest BCUT2D eigenvalue weighted by Crippen LogP contribution is -2.07. The van der Waals surface area contributed by atoms with Crippen molar-refractivity contribution in [3.8, 4) is 5.75 Å². The van der Waals surface area contributed by atoms with Crippen molar-refractivity contribution in [3.05, 3.63) is 42.0 Å². The van der Waals surface area contributed by atoms with Crippen molar-refractivity contribution >= 4 is 18.5 Å². The molecule has 0 bridgehead atoms. The molecule has 19 heavy (non-hydrogen) atoms. The second-order valence-electron chi connectivity index (χ2n) is 5.26. The Balaban J connectivity index is 2.11. The fraction of sp³-hybridized carbons (Fsp3) is 0.375. The molecule has 97 valence electrons. The van der Waals surface area contributed by atoms with Gasteiger partial charge < -0.3 is 9.68 Å². The van der Waals surface area contributed by atoms with E-state index in [1.54, 1.807) is 0 Å². The third-order valence-corrected chi connectivity index (χ3v) is 4.12. The van der Waals surface area contributed by atoms with Crippen molar-refractivity contribution in [2.75, 3.05) is 0 Å². The van der Waals surface area contributed by atoms with Crippen molar-refractivity contribution in [1.29, 1.82) is 0 Å². The predicted molar refractivity (Wildman–Crippen MR) is 78.4 cm³/mol. The Morgan fingerprint density at radius 1 is 1.00 bits per heavy atom. The van der Waals surface area contributed by atoms with Crippen LogP contribution < -0.4 is 4.65 Å². The highest BCUT2D eigenvalue weighted by Crippen LogP contribution is 2.39. The minimum Gasteiger partial charge on any atom is -0.537 e. The van der Waals surface area contributed by atoms with Crippen LogP contribution in [0.3, 0.4) is 0 Å². The lowest BCUT2D eigenvalue weighted by molar-refractivity contribution is 0.442. The van der Waals surface area contributed by atoms with Crippen LogP contribution >= 0.6 is 0 Å². The highest BCUT2D eigenvalue weighted by molar-refractivity contribution is 6.18. The van der Waals surface area contributed by atoms with Crippen molar-refractivity contribution in [2.24, 2.45) is 0 Å². The summed E-state index contributed by atoms with van der Waals surface area (Å²) in [6.07, 6.45) is 6.51. The molecule has 1 fully saturated rings. The van der Waals surface area contributed by atoms with E-state index in [1.165, 1.54) is 43.1 Å². The largest absolute Gasteiger partial charge is 0.569 e. The first-order valence-corrected chi connectivity index (χ1v) is 7.04. The molecular formula is C16H18BO2. The van der Waals surface area contributed by atoms with Crippen LogP contribution in [0.1, 0.15) is 43.6 Å². The molecule has 1 N–H and O–H groups in total. The molecule has 0 heterocycles. The van der Waals surface area contributed by atoms with Gasteiger partial charge >= 0.3 is 7.69 Å². The summed E-state index contributed by atoms with van der Waals surface area (Å²) in [6, 6.07) is 12.4. The first-order chi connectivity index (χ1) is 9.40. The molecule has 0 aromatic heterocycles. The molecule has 0 unspecified atom stereocenters. The third kappa shape index (κ3) is 2.48. The van der Waals surface area contributed by atoms with E-state index in [0.717, 1.165) is 18.8 Å². The van der Waals surface area contributed by atoms with Gasteiger partial charge in [0.2, 0.25) is 0 Å². The Bertz CT molecular complexity index is 556. The average Bonchev–Trinajstić information content (AvgIpc) is 2.48. The van der Waals surface area contributed by atoms with E-state index in [9.17, 15) is 0 Å². The lowest BCUT2D eigenvalue weighted by atomic mass is 9.82. The Morgan fingerprint density at radius 3 is 2.47 bits per heavy atom. The van der Waals surface area contributed by atoms with E-state index in [4.69, 9.17) is 9.68 Å². The van der Waals surface area contributed by atoms with Crippen molar-refractivity contribution in [2.45, 2.75) is 38.0 Å². The van der Waals surface area contributed by atoms with Crippen LogP contribution in [0.4, 0.5) is 0 Å². The Labute approximate surface area is 114 Å². The normalized spacial score (nSPS) is 16.5. The molecule has 1 aliphatic carbocycles. The monoisotopic (exact) mass is 253 g/mol. The van der Waals surface area contributed by atoms with Crippen LogP contribution in [-0.2, 0) is 0 Å². The van der Waals surface area contributed by atoms with Crippen LogP contribution in [0.15, 0.2) is 36.4 Å². The number of rotatable bonds is 3. The summed E-state index contributed by atoms with van der Waals surface area (Å²) in [7, 11) is 0.770. The van der Waals surface area contributed by atoms with E-state index >= 15 is 0 Å². The molecule has 0 aliphatic heterocycles. The summed E-state index contributed by atoms with van der Waals surface area (Å²) in [5.41, 5.74) is 1.37. The molecular weight excluding hydrogens is 235 g/mol. The second-order valence-corrected chi connectivity index (χ2v) is 5.26. The zero-order valence-electron chi connectivity index (χ0n) is 11.0. The molecule has 1 radical (unpaired) electrons. The number of hydrogen-bond acceptors (Lipinski definition) is 2. The summed E-state index contributed by atoms with van der Waals surface area (Å²) < 4.78 is 5.28. The molecule has 0 spiro atoms. The maximum Gasteiger partial charge on any atom is 0.569 e. The van der Waals surface area contributed by atoms with E-state index in [0.29, 0.717) is 5.92 Å². The average molecular weight is 253 g/mol. The lowest BCUT2D eigenvalue weighted by Gasteiger charge is -2.24. The first kappa shape index (κ1) is 12.6. The molecule has 0 atom stereocenters. The van der Waals surface area contributed by atoms with E-state index < -0.39 is 0 Å². The van der Waals surface area contributed by atoms with Crippen LogP contribution in [0.25, 0.3) is 10.8 Å². The summed E-state index contributed by atoms with van der Waals surface area (Å²) in [6.45, 7) is 0. The van der Waals surface area contributed by atoms with Crippen LogP contribution in [-0.4, -0.2) is 12.7 Å². The molecule has 2 aromatic carbocycles. The van der Waals surface area contributed by atoms with Crippen molar-refractivity contribution in [1.82, 2.24) is 0 Å². The van der Waals surface area contributed by atoms with Gasteiger partial charge in [0, 0.05) is 5.39 Å². The first-order valence-electron chi connectivity index (χ1n) is 7.04. The van der Waals surface area contributed by atoms with E-state index in [-0.39, 0.29) is 0 Å². The van der Waals surface area contributed by atoms with Crippen LogP contribution in [0.5, 0.6) is 5.75 Å². The summed E-state index contributed by atoms with van der Waals surface area (Å²) >= 11 is 0. The maximum absolute atomic E-state index is 8.93. The predicted octanol–water partition coefficient (Wildman–Crippen LogP) is 3.79. The fourth-order valence-corrected chi connectivity index (χ4v) is 3.24. The van der Waals surface area contributed by atoms with Gasteiger partial charge in [-0.2, -0.15) is 0 Å². The second kappa shape index (κ2) is 5.66. The van der Waals surface area contributed by atoms with Gasteiger partial charge in [0.25, 0.3) is 0 Å². The molecule has 0 saturated heterocycles. The zero-order chi connectivity index (χ0) is 13.1. The molecule has 2 aromatic rings. The van der Waals surface area contributed by atoms with Crippen molar-refractivity contribution < 1.29 is 9.68 Å². The molecule has 2 nitrogen and oxygen atoms in total. The maximum atomic E-state index is 8.93. The van der Waals surface area contributed by atoms with Gasteiger partial charge in [0.05, 0.1) is 0 Å². The van der Waals surface area contributed by atoms with Gasteiger partial charge in [-0.25, -0.2) is 0 Å². The van der Waals surface area contributed by atoms with Crippen molar-refractivity contribution in [3.63, 3.8) is 0 Å². The highest BCUT2D eigenvalue weighted by Gasteiger charge is 2.19. The minimum absolute atomic E-state index is 0.626. The van der Waals surface area contributed by atoms with Gasteiger partial charge in [-0.1, -0.05) is 49.6 Å². The summed E-state index contributed by atoms with van der Waals surface area (Å²) in [4.78, 5) is 0. The zero-order valence-corrected chi connectivity index (χ0v) is 11.0. The Hall–Kier alpha value is -1.48. The topological polar surface area (TPSA) is 29.5 Å². The molecule has 1 saturated carbocycles. The fourth-order valence-electron chi connectivity index (χ4n) is 3.24. The smallest absolute Gasteiger partial charge is 0.537 e. The number of hydrogen-bond donors (Lipinski definition) is 1. The Kier molecular flexibility index (Phi) is 3.74. The van der Waals surface area contributed by atoms with E-state index in [2.05, 4.69) is 24.3 Å². The molecule has 3 rings (SSSR count). The standard InChI is InChI=1S/C16H18BO2/c18-17-19-15-11-5-9-13-8-4-10-14(16(13)15)12-6-2-1-3-7-12/h4-5,8-12,18H,1-3,6-7H2. The van der Waals surface area contributed by atoms with Gasteiger partial charge in [-0.05, 0) is 35.8 Å². The third-order valence-electron chi connectivity index (χ3n) is 4.12. The van der Waals surface area contributed by atoms with Gasteiger partial charge in [-0.3, -0.25) is 0 Å². The summed E-state index contributed by atoms with van der Waals surface area (Å²) in [5.74, 6) is 1.38. The quantitative estimate of drug-likeness (QED) is 0.843. The highest BCUT2D eigenvalue weighted by atomic mass is 16.5. The van der Waals surface area contributed by atoms with Crippen LogP contribution in [0, 0.1) is 0 Å². The number of fused-ring (bicyclic) bond motifs is 1. The molecule has 3 heteroatoms. The van der Waals surface area contributed by atoms with Gasteiger partial charge in [0.1, 0.15) is 5.75 Å². The molecule has 0 amide bonds. The minimum atomic E-state index is 0.626. The van der Waals surface area contributed by atoms with E-state index in [1.807, 2.05) is 12.1 Å². The molecule has 1 aliphatic rings. The van der Waals surface area contributed by atoms with Gasteiger partial charge in [0.15, 0.2) is 0 Å². The SMILES string of the molecule is O[B]Oc1cccc2cccc(C3CCCCC3)c12. The van der Waals surface area contributed by atoms with Gasteiger partial charge in [-0.15, -0.1) is 0 Å². The Morgan fingerprint density at radius 2 is 1.74 bits per heavy atom. The summed E-state index contributed by atoms with van der Waals surface area (Å²) in [5, 5.41) is 11.3. The number of benzene rings is 2.